The van der Waals surface area contributed by atoms with Crippen LogP contribution in [0.25, 0.3) is 11.0 Å². The summed E-state index contributed by atoms with van der Waals surface area (Å²) < 4.78 is 7.52. The smallest absolute Gasteiger partial charge is 0.262 e. The van der Waals surface area contributed by atoms with Gasteiger partial charge in [0, 0.05) is 18.7 Å². The van der Waals surface area contributed by atoms with Crippen LogP contribution in [0.2, 0.25) is 0 Å². The summed E-state index contributed by atoms with van der Waals surface area (Å²) in [6.45, 7) is 3.30. The predicted octanol–water partition coefficient (Wildman–Crippen LogP) is 2.50. The molecule has 0 saturated carbocycles. The lowest BCUT2D eigenvalue weighted by molar-refractivity contribution is -0.118. The molecule has 0 unspecified atom stereocenters. The Kier molecular flexibility index (Phi) is 4.50. The molecule has 1 aliphatic heterocycles. The van der Waals surface area contributed by atoms with Crippen LogP contribution in [0.3, 0.4) is 0 Å². The summed E-state index contributed by atoms with van der Waals surface area (Å²) in [5.41, 5.74) is 3.19. The summed E-state index contributed by atoms with van der Waals surface area (Å²) in [5.74, 6) is 1.13. The maximum absolute atomic E-state index is 12.4. The number of aromatic nitrogens is 2. The van der Waals surface area contributed by atoms with E-state index in [1.54, 1.807) is 18.2 Å². The molecule has 0 saturated heterocycles. The summed E-state index contributed by atoms with van der Waals surface area (Å²) in [6, 6.07) is 13.0. The molecule has 7 heteroatoms. The number of hydrogen-bond donors (Lipinski definition) is 2. The van der Waals surface area contributed by atoms with Crippen molar-refractivity contribution in [2.45, 2.75) is 19.9 Å². The zero-order valence-electron chi connectivity index (χ0n) is 15.0. The first-order valence-corrected chi connectivity index (χ1v) is 8.88. The van der Waals surface area contributed by atoms with Crippen LogP contribution < -0.4 is 15.4 Å². The Morgan fingerprint density at radius 2 is 2.15 bits per heavy atom. The molecular weight excluding hydrogens is 344 g/mol. The largest absolute Gasteiger partial charge is 0.482 e. The fourth-order valence-electron chi connectivity index (χ4n) is 3.24. The predicted molar refractivity (Wildman–Crippen MR) is 102 cm³/mol. The van der Waals surface area contributed by atoms with Crippen LogP contribution in [0.5, 0.6) is 5.75 Å². The number of ether oxygens (including phenoxy) is 1. The lowest BCUT2D eigenvalue weighted by Gasteiger charge is -2.18. The fourth-order valence-corrected chi connectivity index (χ4v) is 3.24. The molecule has 1 aliphatic rings. The number of rotatable bonds is 5. The van der Waals surface area contributed by atoms with Crippen molar-refractivity contribution < 1.29 is 14.3 Å². The highest BCUT2D eigenvalue weighted by molar-refractivity contribution is 5.98. The van der Waals surface area contributed by atoms with Crippen molar-refractivity contribution in [3.05, 3.63) is 53.9 Å². The molecule has 0 radical (unpaired) electrons. The van der Waals surface area contributed by atoms with E-state index in [9.17, 15) is 9.59 Å². The first-order valence-electron chi connectivity index (χ1n) is 8.88. The van der Waals surface area contributed by atoms with E-state index in [4.69, 9.17) is 4.74 Å². The number of benzene rings is 2. The molecule has 1 aromatic heterocycles. The fraction of sp³-hybridized carbons (Fsp3) is 0.250. The van der Waals surface area contributed by atoms with E-state index in [-0.39, 0.29) is 18.4 Å². The SMILES string of the molecule is Cc1nc2ccccc2n1CCCNC(=O)c1ccc2c(c1)OCC(=O)N2. The Morgan fingerprint density at radius 3 is 3.04 bits per heavy atom. The van der Waals surface area contributed by atoms with Crippen LogP contribution in [0.4, 0.5) is 5.69 Å². The van der Waals surface area contributed by atoms with Gasteiger partial charge in [-0.2, -0.15) is 0 Å². The van der Waals surface area contributed by atoms with Crippen molar-refractivity contribution in [3.8, 4) is 5.75 Å². The van der Waals surface area contributed by atoms with Crippen molar-refractivity contribution in [2.75, 3.05) is 18.5 Å². The number of aryl methyl sites for hydroxylation is 2. The van der Waals surface area contributed by atoms with Gasteiger partial charge in [-0.1, -0.05) is 12.1 Å². The second-order valence-corrected chi connectivity index (χ2v) is 6.46. The van der Waals surface area contributed by atoms with Crippen molar-refractivity contribution in [2.24, 2.45) is 0 Å². The molecule has 2 amide bonds. The van der Waals surface area contributed by atoms with Gasteiger partial charge in [0.15, 0.2) is 6.61 Å². The summed E-state index contributed by atoms with van der Waals surface area (Å²) in [5, 5.41) is 5.64. The Morgan fingerprint density at radius 1 is 1.30 bits per heavy atom. The summed E-state index contributed by atoms with van der Waals surface area (Å²) >= 11 is 0. The number of amides is 2. The molecule has 0 aliphatic carbocycles. The van der Waals surface area contributed by atoms with E-state index in [2.05, 4.69) is 26.3 Å². The number of imidazole rings is 1. The molecule has 7 nitrogen and oxygen atoms in total. The van der Waals surface area contributed by atoms with Crippen LogP contribution in [0, 0.1) is 6.92 Å². The van der Waals surface area contributed by atoms with Crippen LogP contribution >= 0.6 is 0 Å². The van der Waals surface area contributed by atoms with Crippen molar-refractivity contribution >= 4 is 28.5 Å². The highest BCUT2D eigenvalue weighted by atomic mass is 16.5. The highest BCUT2D eigenvalue weighted by Crippen LogP contribution is 2.28. The van der Waals surface area contributed by atoms with Gasteiger partial charge in [0.05, 0.1) is 16.7 Å². The number of para-hydroxylation sites is 2. The quantitative estimate of drug-likeness (QED) is 0.681. The molecule has 2 N–H and O–H groups in total. The monoisotopic (exact) mass is 364 g/mol. The molecule has 0 atom stereocenters. The lowest BCUT2D eigenvalue weighted by atomic mass is 10.1. The zero-order valence-corrected chi connectivity index (χ0v) is 15.0. The number of fused-ring (bicyclic) bond motifs is 2. The van der Waals surface area contributed by atoms with Gasteiger partial charge >= 0.3 is 0 Å². The molecule has 27 heavy (non-hydrogen) atoms. The Bertz CT molecular complexity index is 1030. The molecule has 0 spiro atoms. The Hall–Kier alpha value is -3.35. The zero-order chi connectivity index (χ0) is 18.8. The Labute approximate surface area is 156 Å². The van der Waals surface area contributed by atoms with E-state index in [1.807, 2.05) is 25.1 Å². The number of nitrogens with zero attached hydrogens (tertiary/aromatic N) is 2. The van der Waals surface area contributed by atoms with E-state index in [0.29, 0.717) is 23.5 Å². The van der Waals surface area contributed by atoms with Gasteiger partial charge in [-0.05, 0) is 43.7 Å². The minimum Gasteiger partial charge on any atom is -0.482 e. The number of carbonyl (C=O) groups excluding carboxylic acids is 2. The van der Waals surface area contributed by atoms with Gasteiger partial charge in [-0.3, -0.25) is 9.59 Å². The van der Waals surface area contributed by atoms with Gasteiger partial charge in [0.25, 0.3) is 11.8 Å². The minimum atomic E-state index is -0.193. The lowest BCUT2D eigenvalue weighted by Crippen LogP contribution is -2.27. The number of nitrogens with one attached hydrogen (secondary N) is 2. The van der Waals surface area contributed by atoms with Gasteiger partial charge in [-0.15, -0.1) is 0 Å². The second-order valence-electron chi connectivity index (χ2n) is 6.46. The van der Waals surface area contributed by atoms with E-state index >= 15 is 0 Å². The first-order chi connectivity index (χ1) is 13.1. The summed E-state index contributed by atoms with van der Waals surface area (Å²) in [4.78, 5) is 28.2. The molecule has 2 aromatic carbocycles. The van der Waals surface area contributed by atoms with E-state index in [1.165, 1.54) is 0 Å². The Balaban J connectivity index is 1.34. The standard InChI is InChI=1S/C20H20N4O3/c1-13-22-15-5-2-3-6-17(15)24(13)10-4-9-21-20(26)14-7-8-16-18(11-14)27-12-19(25)23-16/h2-3,5-8,11H,4,9-10,12H2,1H3,(H,21,26)(H,23,25). The molecule has 4 rings (SSSR count). The van der Waals surface area contributed by atoms with E-state index < -0.39 is 0 Å². The normalized spacial score (nSPS) is 13.0. The average molecular weight is 364 g/mol. The van der Waals surface area contributed by atoms with Crippen molar-refractivity contribution in [1.82, 2.24) is 14.9 Å². The first kappa shape index (κ1) is 17.1. The number of hydrogen-bond acceptors (Lipinski definition) is 4. The van der Waals surface area contributed by atoms with Crippen LogP contribution in [-0.2, 0) is 11.3 Å². The number of anilines is 1. The minimum absolute atomic E-state index is 0.0315. The van der Waals surface area contributed by atoms with Gasteiger partial charge in [0.1, 0.15) is 11.6 Å². The van der Waals surface area contributed by atoms with Crippen LogP contribution in [-0.4, -0.2) is 34.5 Å². The van der Waals surface area contributed by atoms with Crippen LogP contribution in [0.1, 0.15) is 22.6 Å². The highest BCUT2D eigenvalue weighted by Gasteiger charge is 2.17. The molecule has 3 aromatic rings. The molecule has 2 heterocycles. The van der Waals surface area contributed by atoms with Crippen molar-refractivity contribution in [1.29, 1.82) is 0 Å². The summed E-state index contributed by atoms with van der Waals surface area (Å²) in [6.07, 6.45) is 0.796. The van der Waals surface area contributed by atoms with Gasteiger partial charge in [-0.25, -0.2) is 4.98 Å². The van der Waals surface area contributed by atoms with E-state index in [0.717, 1.165) is 29.8 Å². The van der Waals surface area contributed by atoms with Crippen LogP contribution in [0.15, 0.2) is 42.5 Å². The van der Waals surface area contributed by atoms with Crippen molar-refractivity contribution in [3.63, 3.8) is 0 Å². The maximum atomic E-state index is 12.4. The molecular formula is C20H20N4O3. The third-order valence-electron chi connectivity index (χ3n) is 4.57. The maximum Gasteiger partial charge on any atom is 0.262 e. The molecule has 138 valence electrons. The molecule has 0 fully saturated rings. The third-order valence-corrected chi connectivity index (χ3v) is 4.57. The third kappa shape index (κ3) is 3.48. The number of carbonyl (C=O) groups is 2. The molecule has 0 bridgehead atoms. The second kappa shape index (κ2) is 7.11. The summed E-state index contributed by atoms with van der Waals surface area (Å²) in [7, 11) is 0. The van der Waals surface area contributed by atoms with Gasteiger partial charge < -0.3 is 19.9 Å². The topological polar surface area (TPSA) is 85.2 Å². The average Bonchev–Trinajstić information content (AvgIpc) is 2.99. The van der Waals surface area contributed by atoms with Gasteiger partial charge in [0.2, 0.25) is 0 Å².